The standard InChI is InChI=1S/C14H13ClN2O4/c15-13-9(6-8-21-13)14(20)17(7-5-12(18)19)11-4-2-1-3-10(11)16/h1-4,6,8H,5,7,16H2,(H,18,19). The van der Waals surface area contributed by atoms with Crippen molar-refractivity contribution in [1.82, 2.24) is 0 Å². The molecule has 1 aromatic heterocycles. The van der Waals surface area contributed by atoms with Crippen LogP contribution in [0.4, 0.5) is 11.4 Å². The predicted octanol–water partition coefficient (Wildman–Crippen LogP) is 2.64. The van der Waals surface area contributed by atoms with E-state index in [2.05, 4.69) is 0 Å². The first-order valence-corrected chi connectivity index (χ1v) is 6.49. The molecule has 0 saturated heterocycles. The highest BCUT2D eigenvalue weighted by Gasteiger charge is 2.23. The van der Waals surface area contributed by atoms with Crippen molar-refractivity contribution in [3.63, 3.8) is 0 Å². The molecule has 2 aromatic rings. The van der Waals surface area contributed by atoms with E-state index in [1.54, 1.807) is 24.3 Å². The minimum absolute atomic E-state index is 0.0239. The molecule has 21 heavy (non-hydrogen) atoms. The molecule has 0 radical (unpaired) electrons. The number of rotatable bonds is 5. The number of carbonyl (C=O) groups excluding carboxylic acids is 1. The normalized spacial score (nSPS) is 10.3. The van der Waals surface area contributed by atoms with Gasteiger partial charge in [-0.25, -0.2) is 0 Å². The molecule has 1 aromatic carbocycles. The number of hydrogen-bond acceptors (Lipinski definition) is 4. The van der Waals surface area contributed by atoms with E-state index in [-0.39, 0.29) is 23.7 Å². The molecule has 1 heterocycles. The Morgan fingerprint density at radius 3 is 2.57 bits per heavy atom. The van der Waals surface area contributed by atoms with Gasteiger partial charge in [-0.15, -0.1) is 0 Å². The Balaban J connectivity index is 2.37. The second-order valence-corrected chi connectivity index (χ2v) is 4.61. The molecule has 3 N–H and O–H groups in total. The van der Waals surface area contributed by atoms with Gasteiger partial charge < -0.3 is 20.2 Å². The van der Waals surface area contributed by atoms with E-state index < -0.39 is 11.9 Å². The molecule has 0 aliphatic carbocycles. The molecule has 1 amide bonds. The molecule has 0 spiro atoms. The SMILES string of the molecule is Nc1ccccc1N(CCC(=O)O)C(=O)c1ccoc1Cl. The summed E-state index contributed by atoms with van der Waals surface area (Å²) in [6.45, 7) is -0.0239. The van der Waals surface area contributed by atoms with Crippen molar-refractivity contribution in [2.24, 2.45) is 0 Å². The molecule has 0 aliphatic heterocycles. The highest BCUT2D eigenvalue weighted by molar-refractivity contribution is 6.33. The summed E-state index contributed by atoms with van der Waals surface area (Å²) in [6.07, 6.45) is 1.08. The first-order valence-electron chi connectivity index (χ1n) is 6.12. The second-order valence-electron chi connectivity index (χ2n) is 4.27. The number of benzene rings is 1. The van der Waals surface area contributed by atoms with Gasteiger partial charge in [0.1, 0.15) is 0 Å². The summed E-state index contributed by atoms with van der Waals surface area (Å²) in [6, 6.07) is 8.14. The van der Waals surface area contributed by atoms with E-state index >= 15 is 0 Å². The lowest BCUT2D eigenvalue weighted by Crippen LogP contribution is -2.33. The first-order chi connectivity index (χ1) is 10.0. The van der Waals surface area contributed by atoms with Gasteiger partial charge in [0.05, 0.1) is 29.6 Å². The number of halogens is 1. The summed E-state index contributed by atoms with van der Waals surface area (Å²) in [5.74, 6) is -1.48. The minimum Gasteiger partial charge on any atom is -0.481 e. The molecule has 0 bridgehead atoms. The van der Waals surface area contributed by atoms with Crippen molar-refractivity contribution in [3.05, 3.63) is 47.4 Å². The smallest absolute Gasteiger partial charge is 0.305 e. The minimum atomic E-state index is -1.01. The van der Waals surface area contributed by atoms with Crippen molar-refractivity contribution in [1.29, 1.82) is 0 Å². The fourth-order valence-electron chi connectivity index (χ4n) is 1.86. The van der Waals surface area contributed by atoms with Crippen LogP contribution in [-0.2, 0) is 4.79 Å². The predicted molar refractivity (Wildman–Crippen MR) is 78.5 cm³/mol. The molecular formula is C14H13ClN2O4. The maximum atomic E-state index is 12.5. The van der Waals surface area contributed by atoms with Crippen molar-refractivity contribution in [2.45, 2.75) is 6.42 Å². The molecule has 2 rings (SSSR count). The van der Waals surface area contributed by atoms with Gasteiger partial charge in [-0.2, -0.15) is 0 Å². The van der Waals surface area contributed by atoms with Gasteiger partial charge in [0.15, 0.2) is 0 Å². The number of para-hydroxylation sites is 2. The number of nitrogens with zero attached hydrogens (tertiary/aromatic N) is 1. The summed E-state index contributed by atoms with van der Waals surface area (Å²) >= 11 is 5.81. The second kappa shape index (κ2) is 6.32. The molecule has 0 atom stereocenters. The van der Waals surface area contributed by atoms with E-state index in [0.29, 0.717) is 11.4 Å². The molecule has 6 nitrogen and oxygen atoms in total. The van der Waals surface area contributed by atoms with Crippen LogP contribution >= 0.6 is 11.6 Å². The van der Waals surface area contributed by atoms with Crippen LogP contribution in [-0.4, -0.2) is 23.5 Å². The van der Waals surface area contributed by atoms with Gasteiger partial charge in [0.25, 0.3) is 5.91 Å². The molecule has 7 heteroatoms. The lowest BCUT2D eigenvalue weighted by molar-refractivity contribution is -0.136. The van der Waals surface area contributed by atoms with Crippen LogP contribution in [0.5, 0.6) is 0 Å². The number of furan rings is 1. The van der Waals surface area contributed by atoms with Gasteiger partial charge >= 0.3 is 5.97 Å². The summed E-state index contributed by atoms with van der Waals surface area (Å²) in [7, 11) is 0. The monoisotopic (exact) mass is 308 g/mol. The van der Waals surface area contributed by atoms with E-state index in [4.69, 9.17) is 26.9 Å². The molecular weight excluding hydrogens is 296 g/mol. The van der Waals surface area contributed by atoms with Crippen molar-refractivity contribution in [3.8, 4) is 0 Å². The number of aliphatic carboxylic acids is 1. The average Bonchev–Trinajstić information content (AvgIpc) is 2.86. The molecule has 0 aliphatic rings. The Kier molecular flexibility index (Phi) is 4.49. The van der Waals surface area contributed by atoms with Crippen LogP contribution in [0.1, 0.15) is 16.8 Å². The Labute approximate surface area is 125 Å². The summed E-state index contributed by atoms with van der Waals surface area (Å²) in [5.41, 5.74) is 6.82. The maximum Gasteiger partial charge on any atom is 0.305 e. The molecule has 0 fully saturated rings. The van der Waals surface area contributed by atoms with Crippen LogP contribution in [0.2, 0.25) is 5.22 Å². The van der Waals surface area contributed by atoms with Gasteiger partial charge in [0.2, 0.25) is 5.22 Å². The van der Waals surface area contributed by atoms with Gasteiger partial charge in [0, 0.05) is 6.54 Å². The Hall–Kier alpha value is -2.47. The van der Waals surface area contributed by atoms with Gasteiger partial charge in [-0.1, -0.05) is 12.1 Å². The van der Waals surface area contributed by atoms with Crippen LogP contribution in [0, 0.1) is 0 Å². The Bertz CT molecular complexity index is 668. The van der Waals surface area contributed by atoms with Crippen LogP contribution in [0.3, 0.4) is 0 Å². The van der Waals surface area contributed by atoms with Gasteiger partial charge in [-0.05, 0) is 29.8 Å². The average molecular weight is 309 g/mol. The third kappa shape index (κ3) is 3.35. The summed E-state index contributed by atoms with van der Waals surface area (Å²) < 4.78 is 4.90. The Morgan fingerprint density at radius 2 is 2.00 bits per heavy atom. The van der Waals surface area contributed by atoms with Crippen LogP contribution in [0.25, 0.3) is 0 Å². The topological polar surface area (TPSA) is 96.8 Å². The first kappa shape index (κ1) is 14.9. The zero-order valence-corrected chi connectivity index (χ0v) is 11.7. The van der Waals surface area contributed by atoms with Crippen molar-refractivity contribution in [2.75, 3.05) is 17.2 Å². The number of carbonyl (C=O) groups is 2. The molecule has 0 unspecified atom stereocenters. The van der Waals surface area contributed by atoms with E-state index in [1.807, 2.05) is 0 Å². The number of hydrogen-bond donors (Lipinski definition) is 2. The lowest BCUT2D eigenvalue weighted by atomic mass is 10.2. The fraction of sp³-hybridized carbons (Fsp3) is 0.143. The van der Waals surface area contributed by atoms with Gasteiger partial charge in [-0.3, -0.25) is 9.59 Å². The summed E-state index contributed by atoms with van der Waals surface area (Å²) in [4.78, 5) is 24.6. The van der Waals surface area contributed by atoms with Crippen molar-refractivity contribution >= 4 is 34.9 Å². The lowest BCUT2D eigenvalue weighted by Gasteiger charge is -2.23. The van der Waals surface area contributed by atoms with Crippen molar-refractivity contribution < 1.29 is 19.1 Å². The number of anilines is 2. The van der Waals surface area contributed by atoms with E-state index in [1.165, 1.54) is 17.2 Å². The molecule has 0 saturated carbocycles. The quantitative estimate of drug-likeness (QED) is 0.828. The van der Waals surface area contributed by atoms with Crippen LogP contribution < -0.4 is 10.6 Å². The number of nitrogen functional groups attached to an aromatic ring is 1. The third-order valence-corrected chi connectivity index (χ3v) is 3.16. The number of nitrogens with two attached hydrogens (primary N) is 1. The Morgan fingerprint density at radius 1 is 1.29 bits per heavy atom. The maximum absolute atomic E-state index is 12.5. The highest BCUT2D eigenvalue weighted by atomic mass is 35.5. The fourth-order valence-corrected chi connectivity index (χ4v) is 2.06. The zero-order valence-electron chi connectivity index (χ0n) is 11.0. The molecule has 110 valence electrons. The number of carboxylic acids is 1. The highest BCUT2D eigenvalue weighted by Crippen LogP contribution is 2.27. The number of carboxylic acid groups (broad SMARTS) is 1. The summed E-state index contributed by atoms with van der Waals surface area (Å²) in [5, 5.41) is 8.79. The third-order valence-electron chi connectivity index (χ3n) is 2.87. The van der Waals surface area contributed by atoms with Crippen LogP contribution in [0.15, 0.2) is 41.0 Å². The largest absolute Gasteiger partial charge is 0.481 e. The van der Waals surface area contributed by atoms with E-state index in [0.717, 1.165) is 0 Å². The zero-order chi connectivity index (χ0) is 15.4. The number of amides is 1. The van der Waals surface area contributed by atoms with E-state index in [9.17, 15) is 9.59 Å².